The van der Waals surface area contributed by atoms with E-state index in [2.05, 4.69) is 24.2 Å². The molecule has 4 heteroatoms. The number of nitrogens with zero attached hydrogens (tertiary/aromatic N) is 1. The second-order valence-electron chi connectivity index (χ2n) is 4.24. The molecule has 1 aromatic rings. The summed E-state index contributed by atoms with van der Waals surface area (Å²) < 4.78 is 12.9. The Balaban J connectivity index is 2.49. The van der Waals surface area contributed by atoms with E-state index in [1.165, 1.54) is 12.1 Å². The molecule has 0 aliphatic carbocycles. The Morgan fingerprint density at radius 2 is 2.18 bits per heavy atom. The van der Waals surface area contributed by atoms with Crippen molar-refractivity contribution in [2.45, 2.75) is 19.9 Å². The minimum absolute atomic E-state index is 0.133. The van der Waals surface area contributed by atoms with E-state index in [0.717, 1.165) is 25.2 Å². The predicted octanol–water partition coefficient (Wildman–Crippen LogP) is 3.08. The molecule has 0 aliphatic rings. The van der Waals surface area contributed by atoms with Crippen molar-refractivity contribution in [2.75, 3.05) is 26.7 Å². The zero-order valence-electron chi connectivity index (χ0n) is 10.6. The van der Waals surface area contributed by atoms with E-state index in [1.54, 1.807) is 6.07 Å². The first-order valence-corrected chi connectivity index (χ1v) is 6.29. The second kappa shape index (κ2) is 6.94. The highest BCUT2D eigenvalue weighted by Gasteiger charge is 2.09. The van der Waals surface area contributed by atoms with Gasteiger partial charge < -0.3 is 10.2 Å². The van der Waals surface area contributed by atoms with Crippen LogP contribution in [0.25, 0.3) is 0 Å². The summed E-state index contributed by atoms with van der Waals surface area (Å²) in [6, 6.07) is 4.66. The zero-order chi connectivity index (χ0) is 12.8. The van der Waals surface area contributed by atoms with Crippen molar-refractivity contribution < 1.29 is 4.39 Å². The second-order valence-corrected chi connectivity index (χ2v) is 4.64. The van der Waals surface area contributed by atoms with E-state index in [-0.39, 0.29) is 11.9 Å². The van der Waals surface area contributed by atoms with Crippen LogP contribution in [0.1, 0.15) is 25.5 Å². The smallest absolute Gasteiger partial charge is 0.124 e. The quantitative estimate of drug-likeness (QED) is 0.844. The standard InChI is InChI=1S/C13H20ClFN2/c1-4-17(3)8-7-16-10(2)12-6-5-11(15)9-13(12)14/h5-6,9-10,16H,4,7-8H2,1-3H3. The van der Waals surface area contributed by atoms with Crippen molar-refractivity contribution >= 4 is 11.6 Å². The van der Waals surface area contributed by atoms with Gasteiger partial charge in [-0.1, -0.05) is 24.6 Å². The van der Waals surface area contributed by atoms with Crippen LogP contribution in [0.5, 0.6) is 0 Å². The lowest BCUT2D eigenvalue weighted by Crippen LogP contribution is -2.30. The van der Waals surface area contributed by atoms with Crippen LogP contribution in [-0.4, -0.2) is 31.6 Å². The molecule has 0 saturated carbocycles. The number of nitrogens with one attached hydrogen (secondary N) is 1. The van der Waals surface area contributed by atoms with Gasteiger partial charge in [0.25, 0.3) is 0 Å². The van der Waals surface area contributed by atoms with Gasteiger partial charge in [-0.25, -0.2) is 4.39 Å². The van der Waals surface area contributed by atoms with E-state index in [9.17, 15) is 4.39 Å². The van der Waals surface area contributed by atoms with Gasteiger partial charge in [-0.2, -0.15) is 0 Å². The predicted molar refractivity (Wildman–Crippen MR) is 71.0 cm³/mol. The van der Waals surface area contributed by atoms with Gasteiger partial charge in [0.05, 0.1) is 0 Å². The Labute approximate surface area is 108 Å². The molecule has 0 saturated heterocycles. The average molecular weight is 259 g/mol. The van der Waals surface area contributed by atoms with Gasteiger partial charge in [-0.3, -0.25) is 0 Å². The first-order chi connectivity index (χ1) is 8.04. The Kier molecular flexibility index (Phi) is 5.89. The Morgan fingerprint density at radius 3 is 2.76 bits per heavy atom. The van der Waals surface area contributed by atoms with Crippen molar-refractivity contribution in [3.8, 4) is 0 Å². The molecule has 1 atom stereocenters. The molecular weight excluding hydrogens is 239 g/mol. The Morgan fingerprint density at radius 1 is 1.47 bits per heavy atom. The van der Waals surface area contributed by atoms with Gasteiger partial charge in [0.2, 0.25) is 0 Å². The number of hydrogen-bond acceptors (Lipinski definition) is 2. The van der Waals surface area contributed by atoms with Crippen molar-refractivity contribution in [1.82, 2.24) is 10.2 Å². The van der Waals surface area contributed by atoms with Crippen molar-refractivity contribution in [3.05, 3.63) is 34.6 Å². The largest absolute Gasteiger partial charge is 0.309 e. The third-order valence-corrected chi connectivity index (χ3v) is 3.24. The van der Waals surface area contributed by atoms with Gasteiger partial charge in [0.15, 0.2) is 0 Å². The number of rotatable bonds is 6. The maximum atomic E-state index is 12.9. The molecule has 0 radical (unpaired) electrons. The minimum atomic E-state index is -0.295. The van der Waals surface area contributed by atoms with E-state index < -0.39 is 0 Å². The van der Waals surface area contributed by atoms with Crippen molar-refractivity contribution in [2.24, 2.45) is 0 Å². The maximum absolute atomic E-state index is 12.9. The van der Waals surface area contributed by atoms with Crippen LogP contribution in [0.4, 0.5) is 4.39 Å². The molecule has 0 heterocycles. The van der Waals surface area contributed by atoms with Crippen LogP contribution in [0.2, 0.25) is 5.02 Å². The van der Waals surface area contributed by atoms with Crippen molar-refractivity contribution in [3.63, 3.8) is 0 Å². The number of halogens is 2. The maximum Gasteiger partial charge on any atom is 0.124 e. The average Bonchev–Trinajstić information content (AvgIpc) is 2.28. The molecule has 0 amide bonds. The molecule has 1 N–H and O–H groups in total. The monoisotopic (exact) mass is 258 g/mol. The van der Waals surface area contributed by atoms with E-state index in [4.69, 9.17) is 11.6 Å². The first kappa shape index (κ1) is 14.4. The zero-order valence-corrected chi connectivity index (χ0v) is 11.4. The molecule has 0 spiro atoms. The minimum Gasteiger partial charge on any atom is -0.309 e. The van der Waals surface area contributed by atoms with Gasteiger partial charge in [0.1, 0.15) is 5.82 Å². The number of hydrogen-bond donors (Lipinski definition) is 1. The van der Waals surface area contributed by atoms with E-state index >= 15 is 0 Å². The van der Waals surface area contributed by atoms with Gasteiger partial charge in [0, 0.05) is 24.2 Å². The van der Waals surface area contributed by atoms with E-state index in [1.807, 2.05) is 6.92 Å². The van der Waals surface area contributed by atoms with Gasteiger partial charge in [-0.05, 0) is 38.2 Å². The van der Waals surface area contributed by atoms with Crippen molar-refractivity contribution in [1.29, 1.82) is 0 Å². The first-order valence-electron chi connectivity index (χ1n) is 5.91. The van der Waals surface area contributed by atoms with Crippen LogP contribution < -0.4 is 5.32 Å². The van der Waals surface area contributed by atoms with Crippen LogP contribution in [0.3, 0.4) is 0 Å². The SMILES string of the molecule is CCN(C)CCNC(C)c1ccc(F)cc1Cl. The molecule has 1 aromatic carbocycles. The summed E-state index contributed by atoms with van der Waals surface area (Å²) in [4.78, 5) is 2.23. The summed E-state index contributed by atoms with van der Waals surface area (Å²) in [6.07, 6.45) is 0. The summed E-state index contributed by atoms with van der Waals surface area (Å²) >= 11 is 6.00. The van der Waals surface area contributed by atoms with Gasteiger partial charge >= 0.3 is 0 Å². The highest BCUT2D eigenvalue weighted by molar-refractivity contribution is 6.31. The summed E-state index contributed by atoms with van der Waals surface area (Å²) in [5.74, 6) is -0.295. The van der Waals surface area contributed by atoms with Crippen LogP contribution in [-0.2, 0) is 0 Å². The lowest BCUT2D eigenvalue weighted by molar-refractivity contribution is 0.342. The Bertz CT molecular complexity index is 357. The fraction of sp³-hybridized carbons (Fsp3) is 0.538. The van der Waals surface area contributed by atoms with Crippen LogP contribution in [0, 0.1) is 5.82 Å². The molecular formula is C13H20ClFN2. The fourth-order valence-corrected chi connectivity index (χ4v) is 1.92. The molecule has 1 unspecified atom stereocenters. The molecule has 0 aliphatic heterocycles. The van der Waals surface area contributed by atoms with E-state index in [0.29, 0.717) is 5.02 Å². The lowest BCUT2D eigenvalue weighted by Gasteiger charge is -2.19. The highest BCUT2D eigenvalue weighted by Crippen LogP contribution is 2.23. The topological polar surface area (TPSA) is 15.3 Å². The third kappa shape index (κ3) is 4.62. The summed E-state index contributed by atoms with van der Waals surface area (Å²) in [6.45, 7) is 7.07. The summed E-state index contributed by atoms with van der Waals surface area (Å²) in [5, 5.41) is 3.86. The van der Waals surface area contributed by atoms with Crippen LogP contribution in [0.15, 0.2) is 18.2 Å². The molecule has 1 rings (SSSR count). The fourth-order valence-electron chi connectivity index (χ4n) is 1.59. The van der Waals surface area contributed by atoms with Crippen LogP contribution >= 0.6 is 11.6 Å². The Hall–Kier alpha value is -0.640. The molecule has 0 aromatic heterocycles. The lowest BCUT2D eigenvalue weighted by atomic mass is 10.1. The molecule has 96 valence electrons. The third-order valence-electron chi connectivity index (χ3n) is 2.91. The normalized spacial score (nSPS) is 13.1. The summed E-state index contributed by atoms with van der Waals surface area (Å²) in [5.41, 5.74) is 0.937. The molecule has 0 bridgehead atoms. The van der Waals surface area contributed by atoms with Gasteiger partial charge in [-0.15, -0.1) is 0 Å². The molecule has 17 heavy (non-hydrogen) atoms. The molecule has 2 nitrogen and oxygen atoms in total. The number of benzene rings is 1. The summed E-state index contributed by atoms with van der Waals surface area (Å²) in [7, 11) is 2.08. The number of likely N-dealkylation sites (N-methyl/N-ethyl adjacent to an activating group) is 1. The molecule has 0 fully saturated rings. The highest BCUT2D eigenvalue weighted by atomic mass is 35.5.